The molecule has 96 valence electrons. The molecule has 2 rings (SSSR count). The van der Waals surface area contributed by atoms with Gasteiger partial charge in [0.25, 0.3) is 0 Å². The maximum atomic E-state index is 6.31. The number of aryl methyl sites for hydroxylation is 1. The summed E-state index contributed by atoms with van der Waals surface area (Å²) in [6, 6.07) is 0.409. The lowest BCUT2D eigenvalue weighted by atomic mass is 10.1. The molecule has 1 aromatic heterocycles. The van der Waals surface area contributed by atoms with E-state index in [9.17, 15) is 0 Å². The van der Waals surface area contributed by atoms with Crippen LogP contribution in [0.25, 0.3) is 0 Å². The average Bonchev–Trinajstić information content (AvgIpc) is 2.86. The van der Waals surface area contributed by atoms with Crippen molar-refractivity contribution in [3.8, 4) is 0 Å². The van der Waals surface area contributed by atoms with Crippen LogP contribution in [0.5, 0.6) is 0 Å². The molecule has 0 radical (unpaired) electrons. The van der Waals surface area contributed by atoms with E-state index in [0.717, 1.165) is 24.4 Å². The maximum Gasteiger partial charge on any atom is 0.127 e. The SMILES string of the molecule is CCCc1nc(C2CCSC2)c(N)n1C(C)C. The molecule has 3 nitrogen and oxygen atoms in total. The molecule has 0 aromatic carbocycles. The van der Waals surface area contributed by atoms with Crippen LogP contribution < -0.4 is 5.73 Å². The van der Waals surface area contributed by atoms with Crippen LogP contribution in [0, 0.1) is 0 Å². The van der Waals surface area contributed by atoms with Gasteiger partial charge in [0.05, 0.1) is 5.69 Å². The van der Waals surface area contributed by atoms with Crippen molar-refractivity contribution in [1.29, 1.82) is 0 Å². The summed E-state index contributed by atoms with van der Waals surface area (Å²) in [7, 11) is 0. The molecular weight excluding hydrogens is 230 g/mol. The molecule has 0 aliphatic carbocycles. The van der Waals surface area contributed by atoms with Gasteiger partial charge in [-0.25, -0.2) is 4.98 Å². The third-order valence-corrected chi connectivity index (χ3v) is 4.52. The lowest BCUT2D eigenvalue weighted by Crippen LogP contribution is -2.10. The Hall–Kier alpha value is -0.640. The fourth-order valence-electron chi connectivity index (χ4n) is 2.54. The summed E-state index contributed by atoms with van der Waals surface area (Å²) in [6.45, 7) is 6.56. The topological polar surface area (TPSA) is 43.8 Å². The molecule has 2 N–H and O–H groups in total. The summed E-state index contributed by atoms with van der Waals surface area (Å²) < 4.78 is 2.22. The molecular formula is C13H23N3S. The molecule has 0 saturated carbocycles. The number of nitrogen functional groups attached to an aromatic ring is 1. The number of hydrogen-bond donors (Lipinski definition) is 1. The second-order valence-electron chi connectivity index (χ2n) is 5.07. The minimum absolute atomic E-state index is 0.409. The van der Waals surface area contributed by atoms with Crippen molar-refractivity contribution < 1.29 is 0 Å². The van der Waals surface area contributed by atoms with Crippen LogP contribution >= 0.6 is 11.8 Å². The Labute approximate surface area is 108 Å². The molecule has 4 heteroatoms. The first-order valence-electron chi connectivity index (χ1n) is 6.59. The first-order chi connectivity index (χ1) is 8.15. The van der Waals surface area contributed by atoms with Crippen molar-refractivity contribution in [3.63, 3.8) is 0 Å². The van der Waals surface area contributed by atoms with Gasteiger partial charge in [-0.05, 0) is 32.4 Å². The first kappa shape index (κ1) is 12.8. The van der Waals surface area contributed by atoms with E-state index in [0.29, 0.717) is 12.0 Å². The highest BCUT2D eigenvalue weighted by molar-refractivity contribution is 7.99. The molecule has 0 amide bonds. The number of imidazole rings is 1. The van der Waals surface area contributed by atoms with Crippen LogP contribution in [0.2, 0.25) is 0 Å². The molecule has 1 unspecified atom stereocenters. The highest BCUT2D eigenvalue weighted by atomic mass is 32.2. The zero-order valence-electron chi connectivity index (χ0n) is 11.1. The summed E-state index contributed by atoms with van der Waals surface area (Å²) in [5, 5.41) is 0. The van der Waals surface area contributed by atoms with Gasteiger partial charge >= 0.3 is 0 Å². The lowest BCUT2D eigenvalue weighted by Gasteiger charge is -2.13. The van der Waals surface area contributed by atoms with E-state index in [2.05, 4.69) is 25.3 Å². The number of aromatic nitrogens is 2. The Morgan fingerprint density at radius 1 is 1.53 bits per heavy atom. The average molecular weight is 253 g/mol. The predicted octanol–water partition coefficient (Wildman–Crippen LogP) is 3.22. The summed E-state index contributed by atoms with van der Waals surface area (Å²) in [5.74, 6) is 5.10. The lowest BCUT2D eigenvalue weighted by molar-refractivity contribution is 0.571. The van der Waals surface area contributed by atoms with Gasteiger partial charge in [0.15, 0.2) is 0 Å². The number of thioether (sulfide) groups is 1. The number of nitrogens with two attached hydrogens (primary N) is 1. The second kappa shape index (κ2) is 5.34. The van der Waals surface area contributed by atoms with E-state index in [4.69, 9.17) is 10.7 Å². The highest BCUT2D eigenvalue weighted by Crippen LogP contribution is 2.36. The van der Waals surface area contributed by atoms with Crippen LogP contribution in [-0.2, 0) is 6.42 Å². The minimum atomic E-state index is 0.409. The van der Waals surface area contributed by atoms with Crippen LogP contribution in [-0.4, -0.2) is 21.1 Å². The van der Waals surface area contributed by atoms with Crippen molar-refractivity contribution >= 4 is 17.6 Å². The normalized spacial score (nSPS) is 20.4. The molecule has 1 aliphatic rings. The van der Waals surface area contributed by atoms with E-state index in [1.54, 1.807) is 0 Å². The molecule has 17 heavy (non-hydrogen) atoms. The van der Waals surface area contributed by atoms with Gasteiger partial charge in [-0.1, -0.05) is 6.92 Å². The molecule has 1 saturated heterocycles. The van der Waals surface area contributed by atoms with Crippen LogP contribution in [0.15, 0.2) is 0 Å². The van der Waals surface area contributed by atoms with E-state index in [1.807, 2.05) is 11.8 Å². The number of nitrogens with zero attached hydrogens (tertiary/aromatic N) is 2. The fraction of sp³-hybridized carbons (Fsp3) is 0.769. The van der Waals surface area contributed by atoms with E-state index < -0.39 is 0 Å². The molecule has 0 bridgehead atoms. The van der Waals surface area contributed by atoms with Crippen molar-refractivity contribution in [2.24, 2.45) is 0 Å². The summed E-state index contributed by atoms with van der Waals surface area (Å²) >= 11 is 2.02. The zero-order valence-corrected chi connectivity index (χ0v) is 11.9. The quantitative estimate of drug-likeness (QED) is 0.896. The monoisotopic (exact) mass is 253 g/mol. The van der Waals surface area contributed by atoms with Crippen LogP contribution in [0.3, 0.4) is 0 Å². The Morgan fingerprint density at radius 2 is 2.29 bits per heavy atom. The summed E-state index contributed by atoms with van der Waals surface area (Å²) in [5.41, 5.74) is 7.47. The number of anilines is 1. The largest absolute Gasteiger partial charge is 0.384 e. The molecule has 1 fully saturated rings. The van der Waals surface area contributed by atoms with E-state index in [-0.39, 0.29) is 0 Å². The summed E-state index contributed by atoms with van der Waals surface area (Å²) in [6.07, 6.45) is 3.39. The highest BCUT2D eigenvalue weighted by Gasteiger charge is 2.25. The van der Waals surface area contributed by atoms with Gasteiger partial charge in [0.1, 0.15) is 11.6 Å². The Balaban J connectivity index is 2.36. The molecule has 1 aromatic rings. The van der Waals surface area contributed by atoms with Gasteiger partial charge in [-0.3, -0.25) is 0 Å². The minimum Gasteiger partial charge on any atom is -0.384 e. The maximum absolute atomic E-state index is 6.31. The predicted molar refractivity (Wildman–Crippen MR) is 75.7 cm³/mol. The van der Waals surface area contributed by atoms with Gasteiger partial charge in [0, 0.05) is 24.1 Å². The van der Waals surface area contributed by atoms with Gasteiger partial charge in [-0.15, -0.1) is 0 Å². The third-order valence-electron chi connectivity index (χ3n) is 3.36. The number of rotatable bonds is 4. The Morgan fingerprint density at radius 3 is 2.82 bits per heavy atom. The number of hydrogen-bond acceptors (Lipinski definition) is 3. The zero-order chi connectivity index (χ0) is 12.4. The molecule has 1 atom stereocenters. The van der Waals surface area contributed by atoms with Crippen LogP contribution in [0.1, 0.15) is 57.1 Å². The van der Waals surface area contributed by atoms with Gasteiger partial charge < -0.3 is 10.3 Å². The molecule has 2 heterocycles. The van der Waals surface area contributed by atoms with Crippen molar-refractivity contribution in [1.82, 2.24) is 9.55 Å². The van der Waals surface area contributed by atoms with E-state index in [1.165, 1.54) is 23.8 Å². The van der Waals surface area contributed by atoms with E-state index >= 15 is 0 Å². The van der Waals surface area contributed by atoms with Gasteiger partial charge in [0.2, 0.25) is 0 Å². The second-order valence-corrected chi connectivity index (χ2v) is 6.22. The standard InChI is InChI=1S/C13H23N3S/c1-4-5-11-15-12(10-6-7-17-8-10)13(14)16(11)9(2)3/h9-10H,4-8,14H2,1-3H3. The Bertz CT molecular complexity index is 378. The third kappa shape index (κ3) is 2.46. The molecule has 0 spiro atoms. The van der Waals surface area contributed by atoms with Crippen molar-refractivity contribution in [2.45, 2.75) is 52.0 Å². The van der Waals surface area contributed by atoms with Crippen LogP contribution in [0.4, 0.5) is 5.82 Å². The smallest absolute Gasteiger partial charge is 0.127 e. The fourth-order valence-corrected chi connectivity index (χ4v) is 3.77. The first-order valence-corrected chi connectivity index (χ1v) is 7.74. The van der Waals surface area contributed by atoms with Gasteiger partial charge in [-0.2, -0.15) is 11.8 Å². The van der Waals surface area contributed by atoms with Crippen molar-refractivity contribution in [2.75, 3.05) is 17.2 Å². The Kier molecular flexibility index (Phi) is 4.02. The van der Waals surface area contributed by atoms with Crippen molar-refractivity contribution in [3.05, 3.63) is 11.5 Å². The summed E-state index contributed by atoms with van der Waals surface area (Å²) in [4.78, 5) is 4.83. The molecule has 1 aliphatic heterocycles.